The van der Waals surface area contributed by atoms with Crippen LogP contribution in [0.1, 0.15) is 77.6 Å². The number of ether oxygens (including phenoxy) is 1. The number of phosphoric ester groups is 1. The van der Waals surface area contributed by atoms with E-state index >= 15 is 0 Å². The first-order valence-electron chi connectivity index (χ1n) is 11.0. The molecule has 0 heterocycles. The van der Waals surface area contributed by atoms with Gasteiger partial charge in [-0.05, 0) is 25.7 Å². The second kappa shape index (κ2) is 19.6. The van der Waals surface area contributed by atoms with Crippen LogP contribution in [0.3, 0.4) is 0 Å². The molecule has 10 heteroatoms. The van der Waals surface area contributed by atoms with Crippen molar-refractivity contribution in [1.82, 2.24) is 0 Å². The second-order valence-corrected chi connectivity index (χ2v) is 8.62. The van der Waals surface area contributed by atoms with Crippen LogP contribution in [0.2, 0.25) is 0 Å². The summed E-state index contributed by atoms with van der Waals surface area (Å²) in [6.45, 7) is 1.19. The summed E-state index contributed by atoms with van der Waals surface area (Å²) in [7, 11) is -4.65. The zero-order valence-corrected chi connectivity index (χ0v) is 19.3. The van der Waals surface area contributed by atoms with Crippen molar-refractivity contribution < 1.29 is 43.7 Å². The normalized spacial score (nSPS) is 14.4. The molecule has 0 saturated carbocycles. The first-order chi connectivity index (χ1) is 14.8. The van der Waals surface area contributed by atoms with Crippen LogP contribution in [0.5, 0.6) is 0 Å². The highest BCUT2D eigenvalue weighted by molar-refractivity contribution is 7.46. The molecule has 31 heavy (non-hydrogen) atoms. The molecule has 2 atom stereocenters. The number of esters is 1. The first kappa shape index (κ1) is 29.9. The van der Waals surface area contributed by atoms with Gasteiger partial charge in [0, 0.05) is 6.42 Å². The van der Waals surface area contributed by atoms with E-state index in [1.807, 2.05) is 18.2 Å². The Morgan fingerprint density at radius 2 is 1.71 bits per heavy atom. The van der Waals surface area contributed by atoms with Gasteiger partial charge in [0.05, 0.1) is 6.61 Å². The molecule has 0 radical (unpaired) electrons. The third-order valence-electron chi connectivity index (χ3n) is 4.42. The highest BCUT2D eigenvalue weighted by Gasteiger charge is 2.17. The standard InChI is InChI=1S/C21H39O9P/c1-2-3-4-5-6-8-11-14-20(30-24)15-12-9-7-10-13-16-21(23)28-17-19(22)18-29-31(25,26)27/h6,8,11,14,19-20,22,24H,2-5,7,9-10,12-13,15-18H2,1H3,(H2,25,26,27). The van der Waals surface area contributed by atoms with E-state index in [9.17, 15) is 14.5 Å². The molecule has 0 aromatic heterocycles. The van der Waals surface area contributed by atoms with Crippen molar-refractivity contribution in [2.45, 2.75) is 89.8 Å². The Labute approximate surface area is 185 Å². The molecule has 0 aromatic rings. The van der Waals surface area contributed by atoms with Crippen LogP contribution in [0.25, 0.3) is 0 Å². The van der Waals surface area contributed by atoms with E-state index in [2.05, 4.69) is 22.4 Å². The van der Waals surface area contributed by atoms with Crippen molar-refractivity contribution >= 4 is 13.8 Å². The van der Waals surface area contributed by atoms with E-state index in [0.717, 1.165) is 32.1 Å². The third-order valence-corrected chi connectivity index (χ3v) is 4.91. The molecule has 4 N–H and O–H groups in total. The van der Waals surface area contributed by atoms with E-state index in [1.165, 1.54) is 19.3 Å². The number of carbonyl (C=O) groups is 1. The van der Waals surface area contributed by atoms with Crippen molar-refractivity contribution in [2.75, 3.05) is 13.2 Å². The molecular weight excluding hydrogens is 427 g/mol. The highest BCUT2D eigenvalue weighted by Crippen LogP contribution is 2.35. The Morgan fingerprint density at radius 3 is 2.39 bits per heavy atom. The van der Waals surface area contributed by atoms with Crippen LogP contribution >= 0.6 is 7.82 Å². The Morgan fingerprint density at radius 1 is 1.00 bits per heavy atom. The Balaban J connectivity index is 3.69. The highest BCUT2D eigenvalue weighted by atomic mass is 31.2. The van der Waals surface area contributed by atoms with E-state index in [1.54, 1.807) is 0 Å². The lowest BCUT2D eigenvalue weighted by atomic mass is 10.1. The topological polar surface area (TPSA) is 143 Å². The van der Waals surface area contributed by atoms with Gasteiger partial charge < -0.3 is 19.6 Å². The monoisotopic (exact) mass is 466 g/mol. The number of carbonyl (C=O) groups excluding carboxylic acids is 1. The zero-order valence-electron chi connectivity index (χ0n) is 18.4. The van der Waals surface area contributed by atoms with Crippen molar-refractivity contribution in [3.63, 3.8) is 0 Å². The van der Waals surface area contributed by atoms with Gasteiger partial charge in [-0.1, -0.05) is 69.8 Å². The molecule has 0 fully saturated rings. The average molecular weight is 467 g/mol. The molecule has 0 aliphatic rings. The number of allylic oxidation sites excluding steroid dienone is 3. The quantitative estimate of drug-likeness (QED) is 0.0516. The minimum Gasteiger partial charge on any atom is -0.463 e. The van der Waals surface area contributed by atoms with Crippen LogP contribution in [0.15, 0.2) is 24.3 Å². The molecule has 182 valence electrons. The van der Waals surface area contributed by atoms with Crippen molar-refractivity contribution in [3.8, 4) is 0 Å². The fraction of sp³-hybridized carbons (Fsp3) is 0.762. The van der Waals surface area contributed by atoms with Crippen LogP contribution < -0.4 is 0 Å². The number of hydrogen-bond donors (Lipinski definition) is 4. The maximum Gasteiger partial charge on any atom is 0.469 e. The van der Waals surface area contributed by atoms with Crippen LogP contribution in [-0.4, -0.2) is 51.5 Å². The molecule has 0 aliphatic heterocycles. The lowest BCUT2D eigenvalue weighted by molar-refractivity contribution is -0.267. The van der Waals surface area contributed by atoms with Crippen LogP contribution in [0.4, 0.5) is 0 Å². The largest absolute Gasteiger partial charge is 0.469 e. The summed E-state index contributed by atoms with van der Waals surface area (Å²) >= 11 is 0. The van der Waals surface area contributed by atoms with Crippen molar-refractivity contribution in [1.29, 1.82) is 0 Å². The third kappa shape index (κ3) is 21.9. The van der Waals surface area contributed by atoms with Gasteiger partial charge >= 0.3 is 13.8 Å². The van der Waals surface area contributed by atoms with E-state index < -0.39 is 26.5 Å². The lowest BCUT2D eigenvalue weighted by Gasteiger charge is -2.12. The van der Waals surface area contributed by atoms with Gasteiger partial charge in [0.25, 0.3) is 0 Å². The Hall–Kier alpha value is -1.06. The maximum absolute atomic E-state index is 11.6. The average Bonchev–Trinajstić information content (AvgIpc) is 2.72. The maximum atomic E-state index is 11.6. The molecule has 0 amide bonds. The summed E-state index contributed by atoms with van der Waals surface area (Å²) in [6.07, 6.45) is 16.1. The molecule has 0 rings (SSSR count). The smallest absolute Gasteiger partial charge is 0.463 e. The summed E-state index contributed by atoms with van der Waals surface area (Å²) in [5.41, 5.74) is 0. The van der Waals surface area contributed by atoms with Gasteiger partial charge in [0.15, 0.2) is 0 Å². The van der Waals surface area contributed by atoms with Gasteiger partial charge in [-0.2, -0.15) is 0 Å². The number of unbranched alkanes of at least 4 members (excludes halogenated alkanes) is 7. The Kier molecular flexibility index (Phi) is 18.9. The molecule has 0 spiro atoms. The second-order valence-electron chi connectivity index (χ2n) is 7.38. The molecular formula is C21H39O9P. The summed E-state index contributed by atoms with van der Waals surface area (Å²) < 4.78 is 19.5. The predicted molar refractivity (Wildman–Crippen MR) is 117 cm³/mol. The van der Waals surface area contributed by atoms with Crippen LogP contribution in [0, 0.1) is 0 Å². The van der Waals surface area contributed by atoms with Gasteiger partial charge in [-0.25, -0.2) is 9.45 Å². The SMILES string of the molecule is CCCCCC=CC=CC(CCCCCCCC(=O)OCC(O)COP(=O)(O)O)OO. The summed E-state index contributed by atoms with van der Waals surface area (Å²) in [5, 5.41) is 18.4. The van der Waals surface area contributed by atoms with E-state index in [4.69, 9.17) is 19.8 Å². The minimum absolute atomic E-state index is 0.210. The number of hydrogen-bond acceptors (Lipinski definition) is 7. The van der Waals surface area contributed by atoms with Crippen molar-refractivity contribution in [2.24, 2.45) is 0 Å². The fourth-order valence-corrected chi connectivity index (χ4v) is 3.06. The first-order valence-corrected chi connectivity index (χ1v) is 12.5. The zero-order chi connectivity index (χ0) is 23.4. The van der Waals surface area contributed by atoms with Gasteiger partial charge in [-0.3, -0.25) is 14.6 Å². The summed E-state index contributed by atoms with van der Waals surface area (Å²) in [5.74, 6) is -0.475. The minimum atomic E-state index is -4.65. The molecule has 0 bridgehead atoms. The van der Waals surface area contributed by atoms with E-state index in [-0.39, 0.29) is 19.1 Å². The molecule has 9 nitrogen and oxygen atoms in total. The van der Waals surface area contributed by atoms with Crippen LogP contribution in [-0.2, 0) is 23.5 Å². The summed E-state index contributed by atoms with van der Waals surface area (Å²) in [4.78, 5) is 33.1. The fourth-order valence-electron chi connectivity index (χ4n) is 2.70. The summed E-state index contributed by atoms with van der Waals surface area (Å²) in [6, 6.07) is 0. The lowest BCUT2D eigenvalue weighted by Crippen LogP contribution is -2.23. The van der Waals surface area contributed by atoms with Gasteiger partial charge in [-0.15, -0.1) is 0 Å². The Bertz CT molecular complexity index is 545. The van der Waals surface area contributed by atoms with Gasteiger partial charge in [0.2, 0.25) is 0 Å². The number of aliphatic hydroxyl groups excluding tert-OH is 1. The van der Waals surface area contributed by atoms with Gasteiger partial charge in [0.1, 0.15) is 18.8 Å². The number of phosphoric acid groups is 1. The predicted octanol–water partition coefficient (Wildman–Crippen LogP) is 4.28. The molecule has 2 unspecified atom stereocenters. The molecule has 0 aromatic carbocycles. The van der Waals surface area contributed by atoms with E-state index in [0.29, 0.717) is 12.8 Å². The number of aliphatic hydroxyl groups is 1. The van der Waals surface area contributed by atoms with Crippen molar-refractivity contribution in [3.05, 3.63) is 24.3 Å². The number of rotatable bonds is 20. The molecule has 0 aliphatic carbocycles. The molecule has 0 saturated heterocycles.